The van der Waals surface area contributed by atoms with Crippen molar-refractivity contribution in [1.82, 2.24) is 16.0 Å². The van der Waals surface area contributed by atoms with E-state index in [4.69, 9.17) is 9.47 Å². The Morgan fingerprint density at radius 2 is 1.89 bits per heavy atom. The summed E-state index contributed by atoms with van der Waals surface area (Å²) in [4.78, 5) is 60.4. The number of esters is 1. The lowest BCUT2D eigenvalue weighted by atomic mass is 9.84. The van der Waals surface area contributed by atoms with Gasteiger partial charge in [-0.2, -0.15) is 0 Å². The molecule has 1 aromatic rings. The number of alkyl carbamates (subject to hydrolysis) is 1. The molecule has 2 aliphatic rings. The maximum atomic E-state index is 13.1. The monoisotopic (exact) mass is 501 g/mol. The molecule has 1 aromatic carbocycles. The van der Waals surface area contributed by atoms with Gasteiger partial charge in [0.2, 0.25) is 11.8 Å². The van der Waals surface area contributed by atoms with E-state index in [9.17, 15) is 24.0 Å². The molecule has 1 saturated carbocycles. The van der Waals surface area contributed by atoms with Crippen LogP contribution < -0.4 is 20.7 Å². The Balaban J connectivity index is 1.59. The molecule has 10 heteroatoms. The first kappa shape index (κ1) is 27.2. The Kier molecular flexibility index (Phi) is 10.3. The van der Waals surface area contributed by atoms with E-state index in [1.54, 1.807) is 24.3 Å². The van der Waals surface area contributed by atoms with E-state index in [2.05, 4.69) is 16.0 Å². The van der Waals surface area contributed by atoms with Crippen LogP contribution in [0.15, 0.2) is 24.3 Å². The van der Waals surface area contributed by atoms with Gasteiger partial charge in [0, 0.05) is 19.4 Å². The van der Waals surface area contributed by atoms with E-state index < -0.39 is 30.1 Å². The lowest BCUT2D eigenvalue weighted by molar-refractivity contribution is -0.132. The minimum absolute atomic E-state index is 0.0769. The van der Waals surface area contributed by atoms with E-state index in [0.29, 0.717) is 37.0 Å². The van der Waals surface area contributed by atoms with Crippen molar-refractivity contribution in [2.75, 3.05) is 6.54 Å². The number of benzene rings is 1. The van der Waals surface area contributed by atoms with Gasteiger partial charge in [0.25, 0.3) is 0 Å². The molecule has 1 saturated heterocycles. The average molecular weight is 502 g/mol. The first-order chi connectivity index (χ1) is 17.3. The number of aldehydes is 1. The van der Waals surface area contributed by atoms with Gasteiger partial charge in [-0.05, 0) is 42.9 Å². The third kappa shape index (κ3) is 8.66. The van der Waals surface area contributed by atoms with E-state index in [1.165, 1.54) is 6.92 Å². The summed E-state index contributed by atoms with van der Waals surface area (Å²) >= 11 is 0. The van der Waals surface area contributed by atoms with E-state index in [-0.39, 0.29) is 30.8 Å². The number of hydrogen-bond acceptors (Lipinski definition) is 7. The van der Waals surface area contributed by atoms with Gasteiger partial charge >= 0.3 is 12.1 Å². The van der Waals surface area contributed by atoms with Crippen LogP contribution in [0.4, 0.5) is 4.79 Å². The number of nitrogens with one attached hydrogen (secondary N) is 3. The number of carbonyl (C=O) groups is 5. The van der Waals surface area contributed by atoms with E-state index in [0.717, 1.165) is 32.1 Å². The molecular weight excluding hydrogens is 466 g/mol. The summed E-state index contributed by atoms with van der Waals surface area (Å²) in [5.41, 5.74) is 0.619. The van der Waals surface area contributed by atoms with Crippen molar-refractivity contribution in [3.8, 4) is 5.75 Å². The molecule has 3 N–H and O–H groups in total. The summed E-state index contributed by atoms with van der Waals surface area (Å²) in [6, 6.07) is 4.93. The summed E-state index contributed by atoms with van der Waals surface area (Å²) < 4.78 is 10.4. The second-order valence-corrected chi connectivity index (χ2v) is 9.52. The quantitative estimate of drug-likeness (QED) is 0.240. The molecule has 3 atom stereocenters. The van der Waals surface area contributed by atoms with Crippen molar-refractivity contribution in [1.29, 1.82) is 0 Å². The lowest BCUT2D eigenvalue weighted by Crippen LogP contribution is -2.51. The molecule has 2 fully saturated rings. The SMILES string of the molecule is CC(=O)Oc1cccc(COC(=O)N[C@@H](CC2CCCCC2)C(=O)N[C@H](C=O)C[C@@H]2CCNC2=O)c1. The lowest BCUT2D eigenvalue weighted by Gasteiger charge is -2.27. The van der Waals surface area contributed by atoms with Crippen LogP contribution in [0.3, 0.4) is 0 Å². The van der Waals surface area contributed by atoms with Crippen molar-refractivity contribution in [2.24, 2.45) is 11.8 Å². The molecule has 0 radical (unpaired) electrons. The number of rotatable bonds is 11. The van der Waals surface area contributed by atoms with Gasteiger partial charge in [0.05, 0.1) is 6.04 Å². The largest absolute Gasteiger partial charge is 0.445 e. The zero-order valence-electron chi connectivity index (χ0n) is 20.6. The summed E-state index contributed by atoms with van der Waals surface area (Å²) in [7, 11) is 0. The molecular formula is C26H35N3O7. The molecule has 196 valence electrons. The van der Waals surface area contributed by atoms with E-state index >= 15 is 0 Å². The standard InChI is InChI=1S/C26H35N3O7/c1-17(31)36-22-9-5-8-19(12-22)16-35-26(34)29-23(13-18-6-3-2-4-7-18)25(33)28-21(15-30)14-20-10-11-27-24(20)32/h5,8-9,12,15,18,20-21,23H,2-4,6-7,10-11,13-14,16H2,1H3,(H,27,32)(H,28,33)(H,29,34)/t20-,21-,23-/m0/s1. The van der Waals surface area contributed by atoms with Crippen LogP contribution in [0.2, 0.25) is 0 Å². The number of amides is 3. The second-order valence-electron chi connectivity index (χ2n) is 9.52. The Morgan fingerprint density at radius 1 is 1.11 bits per heavy atom. The molecule has 0 spiro atoms. The van der Waals surface area contributed by atoms with Crippen LogP contribution in [0.1, 0.15) is 63.9 Å². The Labute approximate surface area is 210 Å². The van der Waals surface area contributed by atoms with Gasteiger partial charge in [0.15, 0.2) is 0 Å². The van der Waals surface area contributed by atoms with Gasteiger partial charge in [0.1, 0.15) is 24.7 Å². The first-order valence-corrected chi connectivity index (χ1v) is 12.6. The Bertz CT molecular complexity index is 945. The minimum Gasteiger partial charge on any atom is -0.445 e. The Morgan fingerprint density at radius 3 is 2.56 bits per heavy atom. The van der Waals surface area contributed by atoms with E-state index in [1.807, 2.05) is 0 Å². The van der Waals surface area contributed by atoms with Crippen LogP contribution in [0, 0.1) is 11.8 Å². The van der Waals surface area contributed by atoms with Crippen molar-refractivity contribution in [3.63, 3.8) is 0 Å². The summed E-state index contributed by atoms with van der Waals surface area (Å²) in [6.07, 6.45) is 6.42. The van der Waals surface area contributed by atoms with Gasteiger partial charge in [-0.3, -0.25) is 14.4 Å². The smallest absolute Gasteiger partial charge is 0.408 e. The highest BCUT2D eigenvalue weighted by Crippen LogP contribution is 2.27. The van der Waals surface area contributed by atoms with Gasteiger partial charge in [-0.1, -0.05) is 44.2 Å². The molecule has 0 aromatic heterocycles. The first-order valence-electron chi connectivity index (χ1n) is 12.6. The van der Waals surface area contributed by atoms with Crippen molar-refractivity contribution in [2.45, 2.75) is 77.0 Å². The molecule has 0 unspecified atom stereocenters. The summed E-state index contributed by atoms with van der Waals surface area (Å²) in [5, 5.41) is 8.09. The maximum Gasteiger partial charge on any atom is 0.408 e. The molecule has 1 heterocycles. The third-order valence-corrected chi connectivity index (χ3v) is 6.63. The second kappa shape index (κ2) is 13.6. The number of carbonyl (C=O) groups excluding carboxylic acids is 5. The average Bonchev–Trinajstić information content (AvgIpc) is 3.26. The molecule has 1 aliphatic heterocycles. The normalized spacial score (nSPS) is 19.5. The zero-order valence-corrected chi connectivity index (χ0v) is 20.6. The van der Waals surface area contributed by atoms with Crippen LogP contribution in [-0.2, 0) is 30.5 Å². The molecule has 0 bridgehead atoms. The predicted molar refractivity (Wildman–Crippen MR) is 130 cm³/mol. The maximum absolute atomic E-state index is 13.1. The van der Waals surface area contributed by atoms with Gasteiger partial charge in [-0.25, -0.2) is 4.79 Å². The summed E-state index contributed by atoms with van der Waals surface area (Å²) in [5.74, 6) is -0.735. The van der Waals surface area contributed by atoms with Crippen LogP contribution in [-0.4, -0.2) is 48.8 Å². The van der Waals surface area contributed by atoms with Crippen molar-refractivity contribution < 1.29 is 33.4 Å². The number of hydrogen-bond donors (Lipinski definition) is 3. The highest BCUT2D eigenvalue weighted by Gasteiger charge is 2.31. The minimum atomic E-state index is -0.868. The molecule has 1 aliphatic carbocycles. The van der Waals surface area contributed by atoms with Crippen LogP contribution in [0.5, 0.6) is 5.75 Å². The predicted octanol–water partition coefficient (Wildman–Crippen LogP) is 2.39. The van der Waals surface area contributed by atoms with Gasteiger partial charge < -0.3 is 30.2 Å². The van der Waals surface area contributed by atoms with Crippen LogP contribution in [0.25, 0.3) is 0 Å². The van der Waals surface area contributed by atoms with Crippen molar-refractivity contribution >= 4 is 30.2 Å². The fourth-order valence-corrected chi connectivity index (χ4v) is 4.79. The van der Waals surface area contributed by atoms with Gasteiger partial charge in [-0.15, -0.1) is 0 Å². The van der Waals surface area contributed by atoms with Crippen LogP contribution >= 0.6 is 0 Å². The molecule has 3 amide bonds. The van der Waals surface area contributed by atoms with Crippen molar-refractivity contribution in [3.05, 3.63) is 29.8 Å². The highest BCUT2D eigenvalue weighted by atomic mass is 16.5. The third-order valence-electron chi connectivity index (χ3n) is 6.63. The zero-order chi connectivity index (χ0) is 25.9. The highest BCUT2D eigenvalue weighted by molar-refractivity contribution is 5.88. The molecule has 10 nitrogen and oxygen atoms in total. The topological polar surface area (TPSA) is 140 Å². The molecule has 36 heavy (non-hydrogen) atoms. The summed E-state index contributed by atoms with van der Waals surface area (Å²) in [6.45, 7) is 1.78. The fourth-order valence-electron chi connectivity index (χ4n) is 4.79. The fraction of sp³-hybridized carbons (Fsp3) is 0.577. The Hall–Kier alpha value is -3.43. The molecule has 3 rings (SSSR count). The number of ether oxygens (including phenoxy) is 2.